The monoisotopic (exact) mass is 201 g/mol. The smallest absolute Gasteiger partial charge is 0.277 e. The molecule has 1 amide bonds. The molecule has 0 aromatic heterocycles. The minimum Gasteiger partial charge on any atom is -0.382 e. The van der Waals surface area contributed by atoms with Crippen LogP contribution in [0.3, 0.4) is 0 Å². The largest absolute Gasteiger partial charge is 0.382 e. The third-order valence-electron chi connectivity index (χ3n) is 2.17. The van der Waals surface area contributed by atoms with Gasteiger partial charge in [-0.05, 0) is 11.6 Å². The molecule has 0 fully saturated rings. The van der Waals surface area contributed by atoms with Gasteiger partial charge in [0, 0.05) is 7.05 Å². The Morgan fingerprint density at radius 3 is 2.53 bits per heavy atom. The van der Waals surface area contributed by atoms with Gasteiger partial charge >= 0.3 is 0 Å². The maximum atomic E-state index is 11.6. The summed E-state index contributed by atoms with van der Waals surface area (Å²) in [5.74, 6) is 0.0997. The molecule has 0 atom stereocenters. The van der Waals surface area contributed by atoms with Crippen LogP contribution in [0.15, 0.2) is 41.0 Å². The number of rotatable bonds is 1. The molecule has 0 spiro atoms. The van der Waals surface area contributed by atoms with Gasteiger partial charge in [-0.1, -0.05) is 30.3 Å². The summed E-state index contributed by atoms with van der Waals surface area (Å²) < 4.78 is 0. The van der Waals surface area contributed by atoms with Crippen molar-refractivity contribution in [1.82, 2.24) is 5.01 Å². The van der Waals surface area contributed by atoms with Crippen LogP contribution in [0.2, 0.25) is 0 Å². The summed E-state index contributed by atoms with van der Waals surface area (Å²) in [6, 6.07) is 9.55. The van der Waals surface area contributed by atoms with E-state index in [0.29, 0.717) is 5.57 Å². The highest BCUT2D eigenvalue weighted by Crippen LogP contribution is 2.14. The van der Waals surface area contributed by atoms with E-state index in [0.717, 1.165) is 5.56 Å². The quantitative estimate of drug-likeness (QED) is 0.684. The Morgan fingerprint density at radius 2 is 2.00 bits per heavy atom. The molecule has 0 saturated heterocycles. The van der Waals surface area contributed by atoms with E-state index >= 15 is 0 Å². The zero-order valence-corrected chi connectivity index (χ0v) is 8.34. The van der Waals surface area contributed by atoms with Crippen LogP contribution >= 0.6 is 0 Å². The Labute approximate surface area is 87.7 Å². The number of benzene rings is 1. The maximum Gasteiger partial charge on any atom is 0.277 e. The van der Waals surface area contributed by atoms with E-state index in [1.54, 1.807) is 13.1 Å². The first-order valence-electron chi connectivity index (χ1n) is 4.58. The van der Waals surface area contributed by atoms with Crippen molar-refractivity contribution >= 4 is 17.8 Å². The lowest BCUT2D eigenvalue weighted by Gasteiger charge is -2.01. The Morgan fingerprint density at radius 1 is 1.33 bits per heavy atom. The molecule has 1 aliphatic heterocycles. The molecule has 0 aliphatic carbocycles. The standard InChI is InChI=1S/C11H11N3O/c1-14-11(15)9(10(12)13-14)7-8-5-3-2-4-6-8/h2-7H,1H3,(H2,12,13). The number of nitrogens with zero attached hydrogens (tertiary/aromatic N) is 2. The molecule has 1 aliphatic rings. The van der Waals surface area contributed by atoms with Crippen molar-refractivity contribution in [3.63, 3.8) is 0 Å². The highest BCUT2D eigenvalue weighted by Gasteiger charge is 2.24. The van der Waals surface area contributed by atoms with Gasteiger partial charge in [-0.2, -0.15) is 5.10 Å². The average Bonchev–Trinajstić information content (AvgIpc) is 2.47. The number of nitrogens with two attached hydrogens (primary N) is 1. The first-order chi connectivity index (χ1) is 7.18. The van der Waals surface area contributed by atoms with Crippen molar-refractivity contribution in [1.29, 1.82) is 0 Å². The Bertz CT molecular complexity index is 448. The number of hydrogen-bond acceptors (Lipinski definition) is 3. The second-order valence-electron chi connectivity index (χ2n) is 3.28. The third-order valence-corrected chi connectivity index (χ3v) is 2.17. The lowest BCUT2D eigenvalue weighted by molar-refractivity contribution is -0.124. The van der Waals surface area contributed by atoms with Gasteiger partial charge in [0.15, 0.2) is 5.84 Å². The van der Waals surface area contributed by atoms with E-state index in [9.17, 15) is 4.79 Å². The zero-order chi connectivity index (χ0) is 10.8. The molecule has 15 heavy (non-hydrogen) atoms. The second-order valence-corrected chi connectivity index (χ2v) is 3.28. The summed E-state index contributed by atoms with van der Waals surface area (Å²) in [6.45, 7) is 0. The van der Waals surface area contributed by atoms with E-state index in [1.807, 2.05) is 30.3 Å². The van der Waals surface area contributed by atoms with Crippen LogP contribution in [0.5, 0.6) is 0 Å². The normalized spacial score (nSPS) is 18.5. The van der Waals surface area contributed by atoms with Crippen molar-refractivity contribution in [2.45, 2.75) is 0 Å². The Balaban J connectivity index is 2.37. The minimum atomic E-state index is -0.170. The number of hydrogen-bond donors (Lipinski definition) is 1. The molecular weight excluding hydrogens is 190 g/mol. The minimum absolute atomic E-state index is 0.170. The molecule has 2 rings (SSSR count). The molecule has 4 nitrogen and oxygen atoms in total. The van der Waals surface area contributed by atoms with E-state index in [4.69, 9.17) is 5.73 Å². The molecule has 4 heteroatoms. The van der Waals surface area contributed by atoms with Crippen molar-refractivity contribution in [2.24, 2.45) is 10.8 Å². The number of carbonyl (C=O) groups is 1. The number of likely N-dealkylation sites (N-methyl/N-ethyl adjacent to an activating group) is 1. The fourth-order valence-corrected chi connectivity index (χ4v) is 1.40. The van der Waals surface area contributed by atoms with Crippen LogP contribution in [0.25, 0.3) is 6.08 Å². The van der Waals surface area contributed by atoms with Crippen molar-refractivity contribution in [2.75, 3.05) is 7.05 Å². The van der Waals surface area contributed by atoms with Gasteiger partial charge < -0.3 is 5.73 Å². The van der Waals surface area contributed by atoms with Crippen molar-refractivity contribution in [3.8, 4) is 0 Å². The summed E-state index contributed by atoms with van der Waals surface area (Å²) in [5, 5.41) is 5.10. The number of amides is 1. The first kappa shape index (κ1) is 9.45. The zero-order valence-electron chi connectivity index (χ0n) is 8.34. The lowest BCUT2D eigenvalue weighted by Crippen LogP contribution is -2.18. The molecule has 1 heterocycles. The second kappa shape index (κ2) is 3.57. The van der Waals surface area contributed by atoms with Gasteiger partial charge in [0.25, 0.3) is 5.91 Å². The van der Waals surface area contributed by atoms with Gasteiger partial charge in [0.2, 0.25) is 0 Å². The third kappa shape index (κ3) is 1.74. The maximum absolute atomic E-state index is 11.6. The van der Waals surface area contributed by atoms with Crippen LogP contribution < -0.4 is 5.73 Å². The van der Waals surface area contributed by atoms with Gasteiger partial charge in [-0.3, -0.25) is 4.79 Å². The van der Waals surface area contributed by atoms with E-state index in [-0.39, 0.29) is 11.7 Å². The topological polar surface area (TPSA) is 58.7 Å². The van der Waals surface area contributed by atoms with Crippen LogP contribution in [0, 0.1) is 0 Å². The Kier molecular flexibility index (Phi) is 2.25. The van der Waals surface area contributed by atoms with Crippen LogP contribution in [0.1, 0.15) is 5.56 Å². The predicted molar refractivity (Wildman–Crippen MR) is 58.8 cm³/mol. The summed E-state index contributed by atoms with van der Waals surface area (Å²) in [6.07, 6.45) is 1.74. The molecule has 0 saturated carbocycles. The summed E-state index contributed by atoms with van der Waals surface area (Å²) in [7, 11) is 1.58. The summed E-state index contributed by atoms with van der Waals surface area (Å²) in [5.41, 5.74) is 7.01. The molecule has 76 valence electrons. The van der Waals surface area contributed by atoms with E-state index < -0.39 is 0 Å². The van der Waals surface area contributed by atoms with Gasteiger partial charge in [0.1, 0.15) is 0 Å². The Hall–Kier alpha value is -2.10. The van der Waals surface area contributed by atoms with Crippen molar-refractivity contribution < 1.29 is 4.79 Å². The van der Waals surface area contributed by atoms with Gasteiger partial charge in [-0.15, -0.1) is 0 Å². The fourth-order valence-electron chi connectivity index (χ4n) is 1.40. The van der Waals surface area contributed by atoms with Gasteiger partial charge in [0.05, 0.1) is 5.57 Å². The summed E-state index contributed by atoms with van der Waals surface area (Å²) in [4.78, 5) is 11.6. The van der Waals surface area contributed by atoms with Crippen molar-refractivity contribution in [3.05, 3.63) is 41.5 Å². The number of carbonyl (C=O) groups excluding carboxylic acids is 1. The molecule has 1 aromatic carbocycles. The summed E-state index contributed by atoms with van der Waals surface area (Å²) >= 11 is 0. The van der Waals surface area contributed by atoms with Crippen LogP contribution in [0.4, 0.5) is 0 Å². The highest BCUT2D eigenvalue weighted by molar-refractivity contribution is 6.26. The van der Waals surface area contributed by atoms with E-state index in [1.165, 1.54) is 5.01 Å². The average molecular weight is 201 g/mol. The highest BCUT2D eigenvalue weighted by atomic mass is 16.2. The van der Waals surface area contributed by atoms with E-state index in [2.05, 4.69) is 5.10 Å². The molecular formula is C11H11N3O. The fraction of sp³-hybridized carbons (Fsp3) is 0.0909. The molecule has 0 radical (unpaired) electrons. The molecule has 1 aromatic rings. The number of hydrazone groups is 1. The van der Waals surface area contributed by atoms with Crippen LogP contribution in [-0.4, -0.2) is 23.8 Å². The molecule has 2 N–H and O–H groups in total. The lowest BCUT2D eigenvalue weighted by atomic mass is 10.1. The SMILES string of the molecule is CN1N=C(N)C(=Cc2ccccc2)C1=O. The molecule has 0 unspecified atom stereocenters. The van der Waals surface area contributed by atoms with Gasteiger partial charge in [-0.25, -0.2) is 5.01 Å². The van der Waals surface area contributed by atoms with Crippen LogP contribution in [-0.2, 0) is 4.79 Å². The number of amidine groups is 1. The predicted octanol–water partition coefficient (Wildman–Crippen LogP) is 0.814. The first-order valence-corrected chi connectivity index (χ1v) is 4.58. The molecule has 0 bridgehead atoms.